The van der Waals surface area contributed by atoms with Crippen molar-refractivity contribution in [1.82, 2.24) is 20.1 Å². The molecule has 0 saturated heterocycles. The van der Waals surface area contributed by atoms with Gasteiger partial charge in [-0.25, -0.2) is 9.67 Å². The Morgan fingerprint density at radius 2 is 2.25 bits per heavy atom. The van der Waals surface area contributed by atoms with Crippen LogP contribution in [0.4, 0.5) is 0 Å². The zero-order valence-electron chi connectivity index (χ0n) is 10.5. The summed E-state index contributed by atoms with van der Waals surface area (Å²) >= 11 is 0. The van der Waals surface area contributed by atoms with E-state index in [2.05, 4.69) is 36.2 Å². The molecule has 16 heavy (non-hydrogen) atoms. The predicted molar refractivity (Wildman–Crippen MR) is 64.0 cm³/mol. The molecule has 4 heteroatoms. The fourth-order valence-corrected chi connectivity index (χ4v) is 2.08. The molecule has 0 unspecified atom stereocenters. The minimum atomic E-state index is 0.239. The molecular weight excluding hydrogens is 200 g/mol. The Morgan fingerprint density at radius 1 is 1.50 bits per heavy atom. The van der Waals surface area contributed by atoms with Crippen LogP contribution in [0.3, 0.4) is 0 Å². The van der Waals surface area contributed by atoms with Crippen molar-refractivity contribution >= 4 is 0 Å². The first kappa shape index (κ1) is 11.6. The minimum absolute atomic E-state index is 0.239. The summed E-state index contributed by atoms with van der Waals surface area (Å²) in [6.07, 6.45) is 5.47. The van der Waals surface area contributed by atoms with Crippen molar-refractivity contribution < 1.29 is 0 Å². The summed E-state index contributed by atoms with van der Waals surface area (Å²) in [6.45, 7) is 8.51. The third-order valence-electron chi connectivity index (χ3n) is 3.43. The molecule has 1 fully saturated rings. The topological polar surface area (TPSA) is 42.7 Å². The second-order valence-electron chi connectivity index (χ2n) is 5.25. The molecule has 1 aliphatic carbocycles. The third kappa shape index (κ3) is 2.61. The maximum absolute atomic E-state index is 4.31. The highest BCUT2D eigenvalue weighted by Gasteiger charge is 2.37. The zero-order valence-corrected chi connectivity index (χ0v) is 10.5. The van der Waals surface area contributed by atoms with E-state index in [0.717, 1.165) is 31.3 Å². The van der Waals surface area contributed by atoms with E-state index in [1.54, 1.807) is 6.33 Å². The molecule has 0 spiro atoms. The Labute approximate surface area is 97.5 Å². The van der Waals surface area contributed by atoms with Crippen LogP contribution in [0.2, 0.25) is 0 Å². The lowest BCUT2D eigenvalue weighted by Crippen LogP contribution is -2.41. The Kier molecular flexibility index (Phi) is 3.28. The summed E-state index contributed by atoms with van der Waals surface area (Å²) in [4.78, 5) is 4.31. The maximum atomic E-state index is 4.31. The molecule has 0 aliphatic heterocycles. The van der Waals surface area contributed by atoms with Gasteiger partial charge in [0.05, 0.1) is 6.54 Å². The first-order chi connectivity index (χ1) is 7.63. The second-order valence-corrected chi connectivity index (χ2v) is 5.25. The van der Waals surface area contributed by atoms with E-state index in [4.69, 9.17) is 0 Å². The van der Waals surface area contributed by atoms with Crippen LogP contribution < -0.4 is 5.32 Å². The number of nitrogens with one attached hydrogen (secondary N) is 1. The quantitative estimate of drug-likeness (QED) is 0.800. The molecule has 1 aliphatic rings. The first-order valence-electron chi connectivity index (χ1n) is 6.25. The summed E-state index contributed by atoms with van der Waals surface area (Å²) in [5.41, 5.74) is 0.239. The fraction of sp³-hybridized carbons (Fsp3) is 0.833. The lowest BCUT2D eigenvalue weighted by Gasteiger charge is -2.26. The SMILES string of the molecule is CCCn1ncnc1CNC(C)(C)C1CC1. The van der Waals surface area contributed by atoms with Crippen molar-refractivity contribution in [1.29, 1.82) is 0 Å². The first-order valence-corrected chi connectivity index (χ1v) is 6.25. The average Bonchev–Trinajstić information content (AvgIpc) is 3.00. The van der Waals surface area contributed by atoms with E-state index in [0.29, 0.717) is 0 Å². The van der Waals surface area contributed by atoms with Gasteiger partial charge < -0.3 is 5.32 Å². The Morgan fingerprint density at radius 3 is 2.88 bits per heavy atom. The lowest BCUT2D eigenvalue weighted by molar-refractivity contribution is 0.331. The van der Waals surface area contributed by atoms with E-state index < -0.39 is 0 Å². The fourth-order valence-electron chi connectivity index (χ4n) is 2.08. The van der Waals surface area contributed by atoms with Crippen LogP contribution in [0.25, 0.3) is 0 Å². The number of hydrogen-bond acceptors (Lipinski definition) is 3. The normalized spacial score (nSPS) is 16.7. The lowest BCUT2D eigenvalue weighted by atomic mass is 9.99. The summed E-state index contributed by atoms with van der Waals surface area (Å²) in [7, 11) is 0. The van der Waals surface area contributed by atoms with Crippen LogP contribution in [0.15, 0.2) is 6.33 Å². The van der Waals surface area contributed by atoms with Gasteiger partial charge in [-0.3, -0.25) is 0 Å². The van der Waals surface area contributed by atoms with E-state index in [9.17, 15) is 0 Å². The van der Waals surface area contributed by atoms with E-state index in [1.807, 2.05) is 4.68 Å². The van der Waals surface area contributed by atoms with Crippen LogP contribution in [0.5, 0.6) is 0 Å². The van der Waals surface area contributed by atoms with Crippen LogP contribution >= 0.6 is 0 Å². The molecule has 1 saturated carbocycles. The van der Waals surface area contributed by atoms with Crippen LogP contribution in [0, 0.1) is 5.92 Å². The molecule has 90 valence electrons. The Bertz CT molecular complexity index is 339. The van der Waals surface area contributed by atoms with Gasteiger partial charge in [0.2, 0.25) is 0 Å². The van der Waals surface area contributed by atoms with Gasteiger partial charge in [-0.15, -0.1) is 0 Å². The summed E-state index contributed by atoms with van der Waals surface area (Å²) in [5, 5.41) is 7.83. The monoisotopic (exact) mass is 222 g/mol. The molecule has 4 nitrogen and oxygen atoms in total. The molecule has 1 N–H and O–H groups in total. The second kappa shape index (κ2) is 4.53. The predicted octanol–water partition coefficient (Wildman–Crippen LogP) is 1.97. The van der Waals surface area contributed by atoms with Crippen molar-refractivity contribution in [2.24, 2.45) is 5.92 Å². The van der Waals surface area contributed by atoms with Gasteiger partial charge in [0.25, 0.3) is 0 Å². The van der Waals surface area contributed by atoms with Crippen LogP contribution in [-0.2, 0) is 13.1 Å². The number of nitrogens with zero attached hydrogens (tertiary/aromatic N) is 3. The van der Waals surface area contributed by atoms with Gasteiger partial charge in [-0.1, -0.05) is 6.92 Å². The van der Waals surface area contributed by atoms with Crippen LogP contribution in [-0.4, -0.2) is 20.3 Å². The molecule has 1 aromatic heterocycles. The van der Waals surface area contributed by atoms with Crippen molar-refractivity contribution in [3.05, 3.63) is 12.2 Å². The molecular formula is C12H22N4. The minimum Gasteiger partial charge on any atom is -0.305 e. The summed E-state index contributed by atoms with van der Waals surface area (Å²) < 4.78 is 2.00. The van der Waals surface area contributed by atoms with E-state index in [1.165, 1.54) is 12.8 Å². The van der Waals surface area contributed by atoms with E-state index >= 15 is 0 Å². The molecule has 0 amide bonds. The molecule has 0 aromatic carbocycles. The van der Waals surface area contributed by atoms with Gasteiger partial charge >= 0.3 is 0 Å². The number of aryl methyl sites for hydroxylation is 1. The number of rotatable bonds is 6. The highest BCUT2D eigenvalue weighted by Crippen LogP contribution is 2.39. The summed E-state index contributed by atoms with van der Waals surface area (Å²) in [5.74, 6) is 1.89. The Hall–Kier alpha value is -0.900. The zero-order chi connectivity index (χ0) is 11.6. The third-order valence-corrected chi connectivity index (χ3v) is 3.43. The Balaban J connectivity index is 1.90. The molecule has 1 heterocycles. The molecule has 0 atom stereocenters. The van der Waals surface area contributed by atoms with Gasteiger partial charge in [-0.2, -0.15) is 5.10 Å². The van der Waals surface area contributed by atoms with Crippen molar-refractivity contribution in [3.8, 4) is 0 Å². The van der Waals surface area contributed by atoms with Crippen molar-refractivity contribution in [2.45, 2.75) is 58.7 Å². The number of aromatic nitrogens is 3. The van der Waals surface area contributed by atoms with Gasteiger partial charge in [-0.05, 0) is 39.0 Å². The van der Waals surface area contributed by atoms with Gasteiger partial charge in [0.1, 0.15) is 12.2 Å². The van der Waals surface area contributed by atoms with Gasteiger partial charge in [0, 0.05) is 12.1 Å². The average molecular weight is 222 g/mol. The highest BCUT2D eigenvalue weighted by molar-refractivity contribution is 4.96. The molecule has 2 rings (SSSR count). The summed E-state index contributed by atoms with van der Waals surface area (Å²) in [6, 6.07) is 0. The highest BCUT2D eigenvalue weighted by atomic mass is 15.3. The molecule has 0 radical (unpaired) electrons. The largest absolute Gasteiger partial charge is 0.305 e. The van der Waals surface area contributed by atoms with Crippen molar-refractivity contribution in [3.63, 3.8) is 0 Å². The maximum Gasteiger partial charge on any atom is 0.140 e. The number of hydrogen-bond donors (Lipinski definition) is 1. The molecule has 0 bridgehead atoms. The van der Waals surface area contributed by atoms with Gasteiger partial charge in [0.15, 0.2) is 0 Å². The smallest absolute Gasteiger partial charge is 0.140 e. The van der Waals surface area contributed by atoms with Crippen molar-refractivity contribution in [2.75, 3.05) is 0 Å². The van der Waals surface area contributed by atoms with Crippen LogP contribution in [0.1, 0.15) is 45.9 Å². The van der Waals surface area contributed by atoms with E-state index in [-0.39, 0.29) is 5.54 Å². The molecule has 1 aromatic rings. The standard InChI is InChI=1S/C12H22N4/c1-4-7-16-11(13-9-15-16)8-14-12(2,3)10-5-6-10/h9-10,14H,4-8H2,1-3H3.